The van der Waals surface area contributed by atoms with Gasteiger partial charge in [0.15, 0.2) is 0 Å². The summed E-state index contributed by atoms with van der Waals surface area (Å²) in [6.07, 6.45) is 11.9. The highest BCUT2D eigenvalue weighted by Gasteiger charge is 2.23. The zero-order valence-electron chi connectivity index (χ0n) is 13.7. The zero-order chi connectivity index (χ0) is 14.9. The van der Waals surface area contributed by atoms with Crippen LogP contribution in [0.3, 0.4) is 0 Å². The molecule has 21 heavy (non-hydrogen) atoms. The van der Waals surface area contributed by atoms with Gasteiger partial charge in [0.05, 0.1) is 0 Å². The van der Waals surface area contributed by atoms with E-state index in [0.29, 0.717) is 0 Å². The molecule has 1 N–H and O–H groups in total. The Labute approximate surface area is 130 Å². The highest BCUT2D eigenvalue weighted by Crippen LogP contribution is 2.24. The first-order chi connectivity index (χ1) is 10.3. The summed E-state index contributed by atoms with van der Waals surface area (Å²) in [6.45, 7) is 5.69. The van der Waals surface area contributed by atoms with Crippen molar-refractivity contribution < 1.29 is 0 Å². The van der Waals surface area contributed by atoms with Gasteiger partial charge in [-0.3, -0.25) is 4.98 Å². The van der Waals surface area contributed by atoms with Gasteiger partial charge in [0.25, 0.3) is 0 Å². The molecule has 2 rings (SSSR count). The summed E-state index contributed by atoms with van der Waals surface area (Å²) in [4.78, 5) is 6.60. The average Bonchev–Trinajstić information content (AvgIpc) is 2.72. The van der Waals surface area contributed by atoms with E-state index < -0.39 is 0 Å². The molecule has 3 nitrogen and oxygen atoms in total. The van der Waals surface area contributed by atoms with Gasteiger partial charge in [0.1, 0.15) is 0 Å². The van der Waals surface area contributed by atoms with Crippen molar-refractivity contribution >= 4 is 0 Å². The van der Waals surface area contributed by atoms with Gasteiger partial charge in [-0.1, -0.05) is 26.2 Å². The quantitative estimate of drug-likeness (QED) is 0.782. The highest BCUT2D eigenvalue weighted by atomic mass is 15.1. The standard InChI is InChI=1S/C18H31N3/c1-3-20-18-8-6-4-5-7-17(18)15-21(2)14-11-16-9-12-19-13-10-16/h9-10,12-13,17-18,20H,3-8,11,14-15H2,1-2H3. The lowest BCUT2D eigenvalue weighted by molar-refractivity contribution is 0.227. The van der Waals surface area contributed by atoms with Crippen LogP contribution >= 0.6 is 0 Å². The third-order valence-corrected chi connectivity index (χ3v) is 4.70. The van der Waals surface area contributed by atoms with E-state index in [1.807, 2.05) is 12.4 Å². The van der Waals surface area contributed by atoms with Crippen molar-refractivity contribution in [2.45, 2.75) is 51.5 Å². The molecule has 1 heterocycles. The van der Waals surface area contributed by atoms with Crippen LogP contribution in [0.2, 0.25) is 0 Å². The predicted octanol–water partition coefficient (Wildman–Crippen LogP) is 3.11. The molecule has 1 aromatic heterocycles. The summed E-state index contributed by atoms with van der Waals surface area (Å²) in [7, 11) is 2.27. The van der Waals surface area contributed by atoms with Gasteiger partial charge in [0, 0.05) is 31.5 Å². The molecule has 1 aromatic rings. The van der Waals surface area contributed by atoms with Gasteiger partial charge >= 0.3 is 0 Å². The number of aromatic nitrogens is 1. The fourth-order valence-corrected chi connectivity index (χ4v) is 3.49. The number of rotatable bonds is 7. The molecule has 1 aliphatic carbocycles. The van der Waals surface area contributed by atoms with Crippen LogP contribution in [0.4, 0.5) is 0 Å². The van der Waals surface area contributed by atoms with Gasteiger partial charge in [0.2, 0.25) is 0 Å². The molecule has 0 bridgehead atoms. The predicted molar refractivity (Wildman–Crippen MR) is 89.5 cm³/mol. The zero-order valence-corrected chi connectivity index (χ0v) is 13.7. The van der Waals surface area contributed by atoms with E-state index in [1.54, 1.807) is 0 Å². The molecular formula is C18H31N3. The Kier molecular flexibility index (Phi) is 7.17. The first-order valence-corrected chi connectivity index (χ1v) is 8.60. The Morgan fingerprint density at radius 2 is 1.95 bits per heavy atom. The third-order valence-electron chi connectivity index (χ3n) is 4.70. The second-order valence-corrected chi connectivity index (χ2v) is 6.43. The molecule has 3 heteroatoms. The minimum Gasteiger partial charge on any atom is -0.314 e. The summed E-state index contributed by atoms with van der Waals surface area (Å²) in [6, 6.07) is 4.97. The van der Waals surface area contributed by atoms with Crippen molar-refractivity contribution in [3.05, 3.63) is 30.1 Å². The van der Waals surface area contributed by atoms with Crippen molar-refractivity contribution in [1.82, 2.24) is 15.2 Å². The number of nitrogens with one attached hydrogen (secondary N) is 1. The number of likely N-dealkylation sites (N-methyl/N-ethyl adjacent to an activating group) is 1. The van der Waals surface area contributed by atoms with Crippen LogP contribution in [0, 0.1) is 5.92 Å². The maximum Gasteiger partial charge on any atom is 0.0270 e. The summed E-state index contributed by atoms with van der Waals surface area (Å²) in [5.41, 5.74) is 1.39. The van der Waals surface area contributed by atoms with Crippen molar-refractivity contribution in [3.8, 4) is 0 Å². The van der Waals surface area contributed by atoms with Crippen LogP contribution in [-0.2, 0) is 6.42 Å². The van der Waals surface area contributed by atoms with Crippen molar-refractivity contribution in [3.63, 3.8) is 0 Å². The second kappa shape index (κ2) is 9.16. The van der Waals surface area contributed by atoms with Crippen LogP contribution in [0.5, 0.6) is 0 Å². The number of hydrogen-bond acceptors (Lipinski definition) is 3. The lowest BCUT2D eigenvalue weighted by atomic mass is 9.94. The molecular weight excluding hydrogens is 258 g/mol. The van der Waals surface area contributed by atoms with E-state index in [9.17, 15) is 0 Å². The molecule has 1 aliphatic rings. The minimum absolute atomic E-state index is 0.723. The highest BCUT2D eigenvalue weighted by molar-refractivity contribution is 5.09. The maximum atomic E-state index is 4.09. The first kappa shape index (κ1) is 16.4. The SMILES string of the molecule is CCNC1CCCCCC1CN(C)CCc1ccncc1. The van der Waals surface area contributed by atoms with E-state index in [1.165, 1.54) is 44.2 Å². The van der Waals surface area contributed by atoms with Gasteiger partial charge < -0.3 is 10.2 Å². The fraction of sp³-hybridized carbons (Fsp3) is 0.722. The van der Waals surface area contributed by atoms with Crippen molar-refractivity contribution in [1.29, 1.82) is 0 Å². The van der Waals surface area contributed by atoms with Crippen LogP contribution in [-0.4, -0.2) is 42.6 Å². The first-order valence-electron chi connectivity index (χ1n) is 8.60. The van der Waals surface area contributed by atoms with Crippen molar-refractivity contribution in [2.75, 3.05) is 26.7 Å². The van der Waals surface area contributed by atoms with Gasteiger partial charge in [-0.05, 0) is 56.5 Å². The van der Waals surface area contributed by atoms with Gasteiger partial charge in [-0.15, -0.1) is 0 Å². The molecule has 0 spiro atoms. The second-order valence-electron chi connectivity index (χ2n) is 6.43. The topological polar surface area (TPSA) is 28.2 Å². The van der Waals surface area contributed by atoms with Crippen LogP contribution in [0.15, 0.2) is 24.5 Å². The number of nitrogens with zero attached hydrogens (tertiary/aromatic N) is 2. The summed E-state index contributed by atoms with van der Waals surface area (Å²) in [5.74, 6) is 0.815. The van der Waals surface area contributed by atoms with Gasteiger partial charge in [-0.2, -0.15) is 0 Å². The lowest BCUT2D eigenvalue weighted by Crippen LogP contribution is -2.41. The summed E-state index contributed by atoms with van der Waals surface area (Å²) in [5, 5.41) is 3.72. The van der Waals surface area contributed by atoms with E-state index in [-0.39, 0.29) is 0 Å². The summed E-state index contributed by atoms with van der Waals surface area (Å²) < 4.78 is 0. The van der Waals surface area contributed by atoms with E-state index in [0.717, 1.165) is 31.5 Å². The fourth-order valence-electron chi connectivity index (χ4n) is 3.49. The smallest absolute Gasteiger partial charge is 0.0270 e. The molecule has 0 aromatic carbocycles. The molecule has 2 atom stereocenters. The largest absolute Gasteiger partial charge is 0.314 e. The Bertz CT molecular complexity index is 379. The normalized spacial score (nSPS) is 23.2. The Morgan fingerprint density at radius 1 is 1.19 bits per heavy atom. The Hall–Kier alpha value is -0.930. The summed E-state index contributed by atoms with van der Waals surface area (Å²) >= 11 is 0. The molecule has 1 fully saturated rings. The van der Waals surface area contributed by atoms with E-state index >= 15 is 0 Å². The molecule has 2 unspecified atom stereocenters. The molecule has 0 aliphatic heterocycles. The molecule has 1 saturated carbocycles. The van der Waals surface area contributed by atoms with Crippen LogP contribution in [0.25, 0.3) is 0 Å². The number of hydrogen-bond donors (Lipinski definition) is 1. The average molecular weight is 289 g/mol. The molecule has 118 valence electrons. The molecule has 0 amide bonds. The lowest BCUT2D eigenvalue weighted by Gasteiger charge is -2.30. The van der Waals surface area contributed by atoms with Crippen molar-refractivity contribution in [2.24, 2.45) is 5.92 Å². The van der Waals surface area contributed by atoms with E-state index in [4.69, 9.17) is 0 Å². The van der Waals surface area contributed by atoms with Gasteiger partial charge in [-0.25, -0.2) is 0 Å². The maximum absolute atomic E-state index is 4.09. The molecule has 0 saturated heterocycles. The third kappa shape index (κ3) is 5.76. The Balaban J connectivity index is 1.80. The minimum atomic E-state index is 0.723. The van der Waals surface area contributed by atoms with E-state index in [2.05, 4.69) is 41.3 Å². The molecule has 0 radical (unpaired) electrons. The van der Waals surface area contributed by atoms with Crippen LogP contribution in [0.1, 0.15) is 44.6 Å². The van der Waals surface area contributed by atoms with Crippen LogP contribution < -0.4 is 5.32 Å². The monoisotopic (exact) mass is 289 g/mol. The number of pyridine rings is 1. The Morgan fingerprint density at radius 3 is 2.71 bits per heavy atom.